The summed E-state index contributed by atoms with van der Waals surface area (Å²) in [7, 11) is 0. The van der Waals surface area contributed by atoms with E-state index in [9.17, 15) is 0 Å². The number of ether oxygens (including phenoxy) is 13. The van der Waals surface area contributed by atoms with Gasteiger partial charge in [-0.3, -0.25) is 0 Å². The second-order valence-electron chi connectivity index (χ2n) is 37.2. The molecule has 7 heterocycles. The van der Waals surface area contributed by atoms with Crippen molar-refractivity contribution in [1.82, 2.24) is 0 Å². The predicted octanol–water partition coefficient (Wildman–Crippen LogP) is 35.4. The molecule has 7 aliphatic rings. The maximum absolute atomic E-state index is 6.08. The van der Waals surface area contributed by atoms with Gasteiger partial charge in [0, 0.05) is 33.5 Å². The van der Waals surface area contributed by atoms with Crippen molar-refractivity contribution in [1.29, 1.82) is 0 Å². The fourth-order valence-electron chi connectivity index (χ4n) is 12.8. The third kappa shape index (κ3) is 38.9. The van der Waals surface area contributed by atoms with Crippen LogP contribution in [0.2, 0.25) is 0 Å². The molecule has 7 aliphatic heterocycles. The Balaban J connectivity index is 0.00000146. The maximum Gasteiger partial charge on any atom is 0.246 e. The molecule has 131 heavy (non-hydrogen) atoms. The lowest BCUT2D eigenvalue weighted by atomic mass is 9.82. The molecule has 0 spiro atoms. The highest BCUT2D eigenvalue weighted by Crippen LogP contribution is 2.46. The third-order valence-corrected chi connectivity index (χ3v) is 20.7. The van der Waals surface area contributed by atoms with Crippen molar-refractivity contribution in [2.24, 2.45) is 49.7 Å². The number of rotatable bonds is 0. The standard InChI is InChI=1S/C17H20O2.C16H18O2.C15H16O2.C13H18O2.C13H18O.C12H16O2.C11H14O2.10C2H6.CH4/c1-17(2,3)14-10-18-15-8-12-6-4-5-7-13(12)9-16(15)19-11-14;1-16(2,3)15-10-17-13-8-11-6-4-5-7-12(11)9-14(13)18-15;1-15(2,3)14-16-12-8-10-6-4-5-7-11(10)9-13(12)17-14;1-13(2,3)10-8-14-11-6-4-5-7-12(11)15-9-10;1-13(2,3)12-9-8-10-6-4-5-7-11(10)14-12;1-12(2,3)11-8-13-9-6-4-5-7-10(9)14-11;1-11(2,3)10-12-8-6-4-5-7-9(8)13-10;10*1-2;/h4-9,14H,10-11H2,1-3H3;4-9,15H,10H2,1-3H3;4-9,14H,1-3H3;4-7,10H,8-9H2,1-3H3;4-7,12H,8-9H2,1-3H3;4-7,11H,8H2,1-3H3;4-7,10H,1-3H3;10*1-2H3;1H4. The Hall–Kier alpha value is -9.62. The molecule has 0 aromatic heterocycles. The molecule has 13 heteroatoms. The quantitative estimate of drug-likeness (QED) is 0.143. The van der Waals surface area contributed by atoms with Crippen LogP contribution < -0.4 is 61.6 Å². The summed E-state index contributed by atoms with van der Waals surface area (Å²) >= 11 is 0. The Labute approximate surface area is 800 Å². The van der Waals surface area contributed by atoms with Crippen LogP contribution in [0.3, 0.4) is 0 Å². The summed E-state index contributed by atoms with van der Waals surface area (Å²) in [6, 6.07) is 69.0. The molecule has 0 amide bonds. The average molecular weight is 1810 g/mol. The van der Waals surface area contributed by atoms with Gasteiger partial charge < -0.3 is 61.6 Å². The van der Waals surface area contributed by atoms with E-state index in [1.807, 2.05) is 254 Å². The van der Waals surface area contributed by atoms with E-state index in [2.05, 4.69) is 236 Å². The highest BCUT2D eigenvalue weighted by Gasteiger charge is 2.39. The molecule has 17 rings (SSSR count). The minimum absolute atomic E-state index is 0. The van der Waals surface area contributed by atoms with E-state index in [1.165, 1.54) is 37.9 Å². The Morgan fingerprint density at radius 1 is 0.191 bits per heavy atom. The van der Waals surface area contributed by atoms with Gasteiger partial charge in [-0.2, -0.15) is 0 Å². The van der Waals surface area contributed by atoms with Crippen LogP contribution in [-0.4, -0.2) is 70.5 Å². The molecule has 0 saturated carbocycles. The summed E-state index contributed by atoms with van der Waals surface area (Å²) < 4.78 is 75.9. The molecule has 10 aromatic carbocycles. The van der Waals surface area contributed by atoms with Crippen molar-refractivity contribution >= 4 is 32.3 Å². The third-order valence-electron chi connectivity index (χ3n) is 20.7. The van der Waals surface area contributed by atoms with E-state index in [0.29, 0.717) is 31.2 Å². The fraction of sp³-hybridized carbons (Fsp3) is 0.542. The van der Waals surface area contributed by atoms with Gasteiger partial charge in [-0.25, -0.2) is 0 Å². The molecule has 13 nitrogen and oxygen atoms in total. The van der Waals surface area contributed by atoms with E-state index >= 15 is 0 Å². The molecule has 0 bridgehead atoms. The van der Waals surface area contributed by atoms with Crippen LogP contribution in [-0.2, 0) is 6.42 Å². The van der Waals surface area contributed by atoms with Gasteiger partial charge in [-0.05, 0) is 146 Å². The van der Waals surface area contributed by atoms with E-state index in [-0.39, 0.29) is 70.1 Å². The van der Waals surface area contributed by atoms with Crippen molar-refractivity contribution < 1.29 is 61.6 Å². The first-order chi connectivity index (χ1) is 61.9. The van der Waals surface area contributed by atoms with E-state index in [1.54, 1.807) is 0 Å². The predicted molar refractivity (Wildman–Crippen MR) is 566 cm³/mol. The summed E-state index contributed by atoms with van der Waals surface area (Å²) in [6.07, 6.45) is 2.53. The Kier molecular flexibility index (Phi) is 56.1. The van der Waals surface area contributed by atoms with Crippen LogP contribution in [0.1, 0.15) is 303 Å². The molecule has 734 valence electrons. The lowest BCUT2D eigenvalue weighted by molar-refractivity contribution is -0.0396. The summed E-state index contributed by atoms with van der Waals surface area (Å²) in [5.74, 6) is 12.2. The van der Waals surface area contributed by atoms with Crippen molar-refractivity contribution in [2.75, 3.05) is 39.6 Å². The van der Waals surface area contributed by atoms with Crippen molar-refractivity contribution in [2.45, 2.75) is 335 Å². The van der Waals surface area contributed by atoms with Crippen LogP contribution in [0.5, 0.6) is 74.7 Å². The first kappa shape index (κ1) is 121. The second-order valence-corrected chi connectivity index (χ2v) is 37.2. The maximum atomic E-state index is 6.08. The van der Waals surface area contributed by atoms with Crippen molar-refractivity contribution in [3.05, 3.63) is 212 Å². The van der Waals surface area contributed by atoms with Crippen LogP contribution in [0.4, 0.5) is 0 Å². The van der Waals surface area contributed by atoms with Crippen molar-refractivity contribution in [3.8, 4) is 74.7 Å². The van der Waals surface area contributed by atoms with Crippen LogP contribution in [0.15, 0.2) is 206 Å². The number of benzene rings is 10. The summed E-state index contributed by atoms with van der Waals surface area (Å²) in [6.45, 7) is 89.9. The minimum atomic E-state index is -0.200. The fourth-order valence-corrected chi connectivity index (χ4v) is 12.8. The van der Waals surface area contributed by atoms with Gasteiger partial charge in [0.05, 0.1) is 26.4 Å². The zero-order chi connectivity index (χ0) is 99.0. The number of hydrogen-bond donors (Lipinski definition) is 0. The van der Waals surface area contributed by atoms with Gasteiger partial charge in [0.15, 0.2) is 69.0 Å². The van der Waals surface area contributed by atoms with Gasteiger partial charge in [-0.15, -0.1) is 0 Å². The summed E-state index contributed by atoms with van der Waals surface area (Å²) in [5.41, 5.74) is 2.21. The molecule has 3 atom stereocenters. The van der Waals surface area contributed by atoms with Gasteiger partial charge >= 0.3 is 0 Å². The largest absolute Gasteiger partial charge is 0.490 e. The van der Waals surface area contributed by atoms with Crippen molar-refractivity contribution in [3.63, 3.8) is 0 Å². The molecule has 0 fully saturated rings. The molecule has 3 unspecified atom stereocenters. The molecular formula is C118H184O13. The lowest BCUT2D eigenvalue weighted by Gasteiger charge is -2.35. The summed E-state index contributed by atoms with van der Waals surface area (Å²) in [5, 5.41) is 7.13. The van der Waals surface area contributed by atoms with Gasteiger partial charge in [0.2, 0.25) is 12.6 Å². The Bertz CT molecular complexity index is 4470. The Morgan fingerprint density at radius 3 is 0.679 bits per heavy atom. The second kappa shape index (κ2) is 60.5. The zero-order valence-corrected chi connectivity index (χ0v) is 89.1. The van der Waals surface area contributed by atoms with Crippen LogP contribution >= 0.6 is 0 Å². The van der Waals surface area contributed by atoms with Gasteiger partial charge in [-0.1, -0.05) is 419 Å². The normalized spacial score (nSPS) is 15.5. The van der Waals surface area contributed by atoms with E-state index in [4.69, 9.17) is 61.6 Å². The van der Waals surface area contributed by atoms with Gasteiger partial charge in [0.1, 0.15) is 37.3 Å². The zero-order valence-electron chi connectivity index (χ0n) is 89.1. The SMILES string of the molecule is C.CC.CC.CC.CC.CC.CC.CC.CC.CC.CC.CC(C)(C)C1CCc2ccccc2O1.CC(C)(C)C1COc2cc3ccccc3cc2O1.CC(C)(C)C1COc2cc3ccccc3cc2OC1.CC(C)(C)C1COc2ccccc2O1.CC(C)(C)C1COc2ccccc2OC1.CC(C)(C)C1Oc2cc3ccccc3cc2O1.CC(C)(C)C1Oc2ccccc2O1. The first-order valence-corrected chi connectivity index (χ1v) is 49.3. The van der Waals surface area contributed by atoms with E-state index in [0.717, 1.165) is 114 Å². The van der Waals surface area contributed by atoms with Crippen LogP contribution in [0, 0.1) is 49.7 Å². The van der Waals surface area contributed by atoms with E-state index < -0.39 is 0 Å². The Morgan fingerprint density at radius 2 is 0.389 bits per heavy atom. The minimum Gasteiger partial charge on any atom is -0.490 e. The smallest absolute Gasteiger partial charge is 0.246 e. The average Bonchev–Trinajstić information content (AvgIpc) is 1.73. The number of aryl methyl sites for hydroxylation is 1. The monoisotopic (exact) mass is 1810 g/mol. The van der Waals surface area contributed by atoms with Gasteiger partial charge in [0.25, 0.3) is 0 Å². The molecule has 0 aliphatic carbocycles. The number of hydrogen-bond acceptors (Lipinski definition) is 13. The lowest BCUT2D eigenvalue weighted by Crippen LogP contribution is -2.39. The van der Waals surface area contributed by atoms with Crippen LogP contribution in [0.25, 0.3) is 32.3 Å². The molecule has 0 saturated heterocycles. The molecule has 0 radical (unpaired) electrons. The highest BCUT2D eigenvalue weighted by atomic mass is 16.7. The topological polar surface area (TPSA) is 120 Å². The molecular weight excluding hydrogens is 1630 g/mol. The highest BCUT2D eigenvalue weighted by molar-refractivity contribution is 5.88. The molecule has 0 N–H and O–H groups in total. The number of para-hydroxylation sites is 7. The summed E-state index contributed by atoms with van der Waals surface area (Å²) in [4.78, 5) is 0. The first-order valence-electron chi connectivity index (χ1n) is 49.3. The number of fused-ring (bicyclic) bond motifs is 10. The molecule has 10 aromatic rings.